The van der Waals surface area contributed by atoms with Crippen molar-refractivity contribution in [3.63, 3.8) is 0 Å². The van der Waals surface area contributed by atoms with Crippen LogP contribution in [0.15, 0.2) is 24.3 Å². The van der Waals surface area contributed by atoms with Crippen LogP contribution in [-0.4, -0.2) is 5.97 Å². The molecule has 0 aliphatic heterocycles. The second-order valence-corrected chi connectivity index (χ2v) is 2.36. The van der Waals surface area contributed by atoms with E-state index in [-0.39, 0.29) is 36.0 Å². The first-order chi connectivity index (χ1) is 5.72. The SMILES string of the molecule is N#Cc1ccc(CC(=O)[O-])cc1.[Na+]. The van der Waals surface area contributed by atoms with Crippen LogP contribution in [0, 0.1) is 11.3 Å². The molecule has 0 saturated carbocycles. The van der Waals surface area contributed by atoms with E-state index in [0.29, 0.717) is 11.1 Å². The molecule has 4 heteroatoms. The Morgan fingerprint density at radius 1 is 1.38 bits per heavy atom. The molecule has 0 aliphatic rings. The molecular weight excluding hydrogens is 177 g/mol. The maximum atomic E-state index is 10.1. The van der Waals surface area contributed by atoms with Gasteiger partial charge < -0.3 is 9.90 Å². The summed E-state index contributed by atoms with van der Waals surface area (Å²) in [6, 6.07) is 8.32. The Hall–Kier alpha value is -0.820. The predicted molar refractivity (Wildman–Crippen MR) is 39.9 cm³/mol. The molecule has 0 aromatic heterocycles. The first-order valence-corrected chi connectivity index (χ1v) is 3.41. The summed E-state index contributed by atoms with van der Waals surface area (Å²) in [5, 5.41) is 18.6. The summed E-state index contributed by atoms with van der Waals surface area (Å²) in [5.41, 5.74) is 1.17. The molecule has 0 N–H and O–H groups in total. The summed E-state index contributed by atoms with van der Waals surface area (Å²) in [7, 11) is 0. The van der Waals surface area contributed by atoms with Gasteiger partial charge in [-0.15, -0.1) is 0 Å². The van der Waals surface area contributed by atoms with E-state index in [0.717, 1.165) is 0 Å². The number of rotatable bonds is 2. The number of nitrogens with zero attached hydrogens (tertiary/aromatic N) is 1. The van der Waals surface area contributed by atoms with E-state index in [1.165, 1.54) is 0 Å². The van der Waals surface area contributed by atoms with Crippen molar-refractivity contribution in [2.45, 2.75) is 6.42 Å². The van der Waals surface area contributed by atoms with Gasteiger partial charge in [-0.1, -0.05) is 12.1 Å². The molecule has 0 aliphatic carbocycles. The number of carbonyl (C=O) groups is 1. The second kappa shape index (κ2) is 5.76. The third kappa shape index (κ3) is 4.09. The zero-order valence-corrected chi connectivity index (χ0v) is 9.28. The number of aliphatic carboxylic acids is 1. The van der Waals surface area contributed by atoms with Crippen molar-refractivity contribution in [1.29, 1.82) is 5.26 Å². The van der Waals surface area contributed by atoms with Crippen molar-refractivity contribution in [1.82, 2.24) is 0 Å². The standard InChI is InChI=1S/C9H7NO2.Na/c10-6-8-3-1-7(2-4-8)5-9(11)12;/h1-4H,5H2,(H,11,12);/q;+1/p-1. The van der Waals surface area contributed by atoms with Crippen molar-refractivity contribution >= 4 is 5.97 Å². The summed E-state index contributed by atoms with van der Waals surface area (Å²) >= 11 is 0. The summed E-state index contributed by atoms with van der Waals surface area (Å²) in [6.07, 6.45) is -0.105. The van der Waals surface area contributed by atoms with Crippen molar-refractivity contribution in [3.8, 4) is 6.07 Å². The van der Waals surface area contributed by atoms with Gasteiger partial charge in [-0.25, -0.2) is 0 Å². The maximum absolute atomic E-state index is 10.1. The number of nitriles is 1. The van der Waals surface area contributed by atoms with Crippen molar-refractivity contribution < 1.29 is 39.5 Å². The minimum atomic E-state index is -1.11. The van der Waals surface area contributed by atoms with E-state index < -0.39 is 5.97 Å². The molecule has 1 rings (SSSR count). The van der Waals surface area contributed by atoms with E-state index in [1.807, 2.05) is 6.07 Å². The zero-order valence-electron chi connectivity index (χ0n) is 7.28. The number of carbonyl (C=O) groups excluding carboxylic acids is 1. The number of hydrogen-bond acceptors (Lipinski definition) is 3. The first kappa shape index (κ1) is 12.2. The van der Waals surface area contributed by atoms with Gasteiger partial charge in [-0.05, 0) is 17.7 Å². The first-order valence-electron chi connectivity index (χ1n) is 3.41. The normalized spacial score (nSPS) is 8.23. The average Bonchev–Trinajstić information content (AvgIpc) is 2.05. The summed E-state index contributed by atoms with van der Waals surface area (Å²) in [5.74, 6) is -1.11. The molecule has 0 saturated heterocycles. The van der Waals surface area contributed by atoms with Gasteiger partial charge in [0.25, 0.3) is 0 Å². The molecule has 0 radical (unpaired) electrons. The van der Waals surface area contributed by atoms with E-state index in [1.54, 1.807) is 24.3 Å². The molecule has 0 heterocycles. The smallest absolute Gasteiger partial charge is 0.550 e. The van der Waals surface area contributed by atoms with Crippen LogP contribution >= 0.6 is 0 Å². The quantitative estimate of drug-likeness (QED) is 0.455. The van der Waals surface area contributed by atoms with Gasteiger partial charge >= 0.3 is 29.6 Å². The summed E-state index contributed by atoms with van der Waals surface area (Å²) < 4.78 is 0. The van der Waals surface area contributed by atoms with Gasteiger partial charge in [0.05, 0.1) is 11.6 Å². The third-order valence-corrected chi connectivity index (χ3v) is 1.43. The zero-order chi connectivity index (χ0) is 8.97. The minimum Gasteiger partial charge on any atom is -0.550 e. The van der Waals surface area contributed by atoms with E-state index in [2.05, 4.69) is 0 Å². The van der Waals surface area contributed by atoms with Crippen LogP contribution in [0.1, 0.15) is 11.1 Å². The molecular formula is C9H6NNaO2. The Morgan fingerprint density at radius 2 is 1.92 bits per heavy atom. The van der Waals surface area contributed by atoms with Gasteiger partial charge in [0.2, 0.25) is 0 Å². The van der Waals surface area contributed by atoms with Crippen LogP contribution < -0.4 is 34.7 Å². The number of carboxylic acid groups (broad SMARTS) is 1. The van der Waals surface area contributed by atoms with Crippen molar-refractivity contribution in [2.75, 3.05) is 0 Å². The summed E-state index contributed by atoms with van der Waals surface area (Å²) in [4.78, 5) is 10.1. The van der Waals surface area contributed by atoms with Crippen LogP contribution in [0.5, 0.6) is 0 Å². The molecule has 0 spiro atoms. The Bertz CT molecular complexity index is 326. The molecule has 60 valence electrons. The molecule has 0 bridgehead atoms. The van der Waals surface area contributed by atoms with Crippen LogP contribution in [0.2, 0.25) is 0 Å². The monoisotopic (exact) mass is 183 g/mol. The van der Waals surface area contributed by atoms with Crippen LogP contribution in [0.25, 0.3) is 0 Å². The van der Waals surface area contributed by atoms with Crippen LogP contribution in [-0.2, 0) is 11.2 Å². The predicted octanol–water partition coefficient (Wildman–Crippen LogP) is -3.15. The summed E-state index contributed by atoms with van der Waals surface area (Å²) in [6.45, 7) is 0. The largest absolute Gasteiger partial charge is 1.00 e. The molecule has 0 unspecified atom stereocenters. The fourth-order valence-corrected chi connectivity index (χ4v) is 0.864. The second-order valence-electron chi connectivity index (χ2n) is 2.36. The fourth-order valence-electron chi connectivity index (χ4n) is 0.864. The van der Waals surface area contributed by atoms with Gasteiger partial charge in [-0.2, -0.15) is 5.26 Å². The van der Waals surface area contributed by atoms with E-state index >= 15 is 0 Å². The molecule has 13 heavy (non-hydrogen) atoms. The third-order valence-electron chi connectivity index (χ3n) is 1.43. The average molecular weight is 183 g/mol. The van der Waals surface area contributed by atoms with E-state index in [4.69, 9.17) is 5.26 Å². The van der Waals surface area contributed by atoms with E-state index in [9.17, 15) is 9.90 Å². The number of benzene rings is 1. The molecule has 1 aromatic carbocycles. The number of carboxylic acids is 1. The van der Waals surface area contributed by atoms with Gasteiger partial charge in [0, 0.05) is 12.4 Å². The van der Waals surface area contributed by atoms with Crippen molar-refractivity contribution in [2.24, 2.45) is 0 Å². The Balaban J connectivity index is 0.00000144. The molecule has 3 nitrogen and oxygen atoms in total. The van der Waals surface area contributed by atoms with Crippen molar-refractivity contribution in [3.05, 3.63) is 35.4 Å². The van der Waals surface area contributed by atoms with Gasteiger partial charge in [-0.3, -0.25) is 0 Å². The maximum Gasteiger partial charge on any atom is 1.00 e. The topological polar surface area (TPSA) is 63.9 Å². The van der Waals surface area contributed by atoms with Gasteiger partial charge in [0.15, 0.2) is 0 Å². The Labute approximate surface area is 98.3 Å². The van der Waals surface area contributed by atoms with Crippen LogP contribution in [0.3, 0.4) is 0 Å². The molecule has 1 aromatic rings. The van der Waals surface area contributed by atoms with Crippen LogP contribution in [0.4, 0.5) is 0 Å². The van der Waals surface area contributed by atoms with Gasteiger partial charge in [0.1, 0.15) is 0 Å². The molecule has 0 atom stereocenters. The molecule has 0 fully saturated rings. The molecule has 0 amide bonds. The number of hydrogen-bond donors (Lipinski definition) is 0. The Kier molecular flexibility index (Phi) is 5.40. The minimum absolute atomic E-state index is 0. The Morgan fingerprint density at radius 3 is 2.31 bits per heavy atom. The fraction of sp³-hybridized carbons (Fsp3) is 0.111.